The molecule has 1 aromatic heterocycles. The van der Waals surface area contributed by atoms with Gasteiger partial charge in [-0.3, -0.25) is 4.98 Å². The molecule has 0 amide bonds. The highest BCUT2D eigenvalue weighted by Gasteiger charge is 2.41. The lowest BCUT2D eigenvalue weighted by molar-refractivity contribution is 0.734. The quantitative estimate of drug-likeness (QED) is 0.714. The Morgan fingerprint density at radius 1 is 1.46 bits per heavy atom. The molecule has 0 aromatic carbocycles. The van der Waals surface area contributed by atoms with Gasteiger partial charge in [-0.2, -0.15) is 0 Å². The lowest BCUT2D eigenvalue weighted by atomic mass is 10.2. The molecule has 0 bridgehead atoms. The zero-order valence-electron chi connectivity index (χ0n) is 7.75. The largest absolute Gasteiger partial charge is 0.362 e. The molecule has 1 saturated carbocycles. The van der Waals surface area contributed by atoms with Crippen molar-refractivity contribution >= 4 is 5.82 Å². The highest BCUT2D eigenvalue weighted by atomic mass is 15.1. The Labute approximate surface area is 77.6 Å². The molecule has 0 atom stereocenters. The van der Waals surface area contributed by atoms with E-state index in [1.165, 1.54) is 0 Å². The van der Waals surface area contributed by atoms with Gasteiger partial charge in [0.05, 0.1) is 11.2 Å². The lowest BCUT2D eigenvalue weighted by Crippen LogP contribution is -2.31. The minimum atomic E-state index is 0.112. The van der Waals surface area contributed by atoms with E-state index in [1.807, 2.05) is 6.92 Å². The van der Waals surface area contributed by atoms with Crippen molar-refractivity contribution in [2.24, 2.45) is 5.73 Å². The Bertz CT molecular complexity index is 306. The first-order chi connectivity index (χ1) is 6.26. The maximum absolute atomic E-state index is 5.66. The average Bonchev–Trinajstić information content (AvgIpc) is 2.90. The Morgan fingerprint density at radius 3 is 2.69 bits per heavy atom. The number of hydrogen-bond acceptors (Lipinski definition) is 4. The first-order valence-corrected chi connectivity index (χ1v) is 4.52. The molecule has 4 heteroatoms. The van der Waals surface area contributed by atoms with Crippen LogP contribution in [0.3, 0.4) is 0 Å². The molecule has 2 rings (SSSR count). The Hall–Kier alpha value is -1.16. The molecule has 3 N–H and O–H groups in total. The summed E-state index contributed by atoms with van der Waals surface area (Å²) >= 11 is 0. The number of aryl methyl sites for hydroxylation is 1. The van der Waals surface area contributed by atoms with Gasteiger partial charge in [0.15, 0.2) is 0 Å². The summed E-state index contributed by atoms with van der Waals surface area (Å²) < 4.78 is 0. The molecule has 1 aliphatic rings. The summed E-state index contributed by atoms with van der Waals surface area (Å²) in [5.74, 6) is 0.866. The fraction of sp³-hybridized carbons (Fsp3) is 0.556. The third-order valence-electron chi connectivity index (χ3n) is 2.51. The zero-order chi connectivity index (χ0) is 9.31. The first kappa shape index (κ1) is 8.44. The van der Waals surface area contributed by atoms with Crippen molar-refractivity contribution in [3.8, 4) is 0 Å². The second-order valence-corrected chi connectivity index (χ2v) is 3.60. The van der Waals surface area contributed by atoms with Crippen molar-refractivity contribution in [2.45, 2.75) is 25.3 Å². The molecular formula is C9H14N4. The number of rotatable bonds is 3. The molecule has 70 valence electrons. The summed E-state index contributed by atoms with van der Waals surface area (Å²) in [5, 5.41) is 3.35. The lowest BCUT2D eigenvalue weighted by Gasteiger charge is -2.16. The van der Waals surface area contributed by atoms with Crippen LogP contribution in [0.1, 0.15) is 18.5 Å². The highest BCUT2D eigenvalue weighted by molar-refractivity contribution is 5.43. The Balaban J connectivity index is 2.14. The average molecular weight is 178 g/mol. The second kappa shape index (κ2) is 2.96. The Kier molecular flexibility index (Phi) is 1.92. The highest BCUT2D eigenvalue weighted by Crippen LogP contribution is 2.37. The second-order valence-electron chi connectivity index (χ2n) is 3.60. The van der Waals surface area contributed by atoms with Gasteiger partial charge in [-0.1, -0.05) is 0 Å². The van der Waals surface area contributed by atoms with E-state index in [-0.39, 0.29) is 5.54 Å². The van der Waals surface area contributed by atoms with E-state index >= 15 is 0 Å². The third-order valence-corrected chi connectivity index (χ3v) is 2.51. The van der Waals surface area contributed by atoms with Crippen LogP contribution < -0.4 is 11.1 Å². The summed E-state index contributed by atoms with van der Waals surface area (Å²) in [5.41, 5.74) is 6.70. The van der Waals surface area contributed by atoms with Gasteiger partial charge in [-0.05, 0) is 19.8 Å². The first-order valence-electron chi connectivity index (χ1n) is 4.52. The monoisotopic (exact) mass is 178 g/mol. The number of nitrogens with one attached hydrogen (secondary N) is 1. The molecule has 0 saturated heterocycles. The van der Waals surface area contributed by atoms with Gasteiger partial charge in [0.25, 0.3) is 0 Å². The maximum Gasteiger partial charge on any atom is 0.147 e. The number of aromatic nitrogens is 2. The van der Waals surface area contributed by atoms with Gasteiger partial charge in [0.1, 0.15) is 5.82 Å². The van der Waals surface area contributed by atoms with Crippen molar-refractivity contribution in [2.75, 3.05) is 11.9 Å². The molecule has 1 heterocycles. The topological polar surface area (TPSA) is 63.8 Å². The molecular weight excluding hydrogens is 164 g/mol. The van der Waals surface area contributed by atoms with E-state index in [9.17, 15) is 0 Å². The van der Waals surface area contributed by atoms with Crippen LogP contribution in [0.4, 0.5) is 5.82 Å². The zero-order valence-corrected chi connectivity index (χ0v) is 7.75. The van der Waals surface area contributed by atoms with Gasteiger partial charge in [0.2, 0.25) is 0 Å². The van der Waals surface area contributed by atoms with Gasteiger partial charge in [-0.25, -0.2) is 4.98 Å². The summed E-state index contributed by atoms with van der Waals surface area (Å²) in [6, 6.07) is 0. The fourth-order valence-electron chi connectivity index (χ4n) is 1.31. The van der Waals surface area contributed by atoms with E-state index < -0.39 is 0 Å². The van der Waals surface area contributed by atoms with E-state index in [0.29, 0.717) is 6.54 Å². The van der Waals surface area contributed by atoms with E-state index in [4.69, 9.17) is 5.73 Å². The van der Waals surface area contributed by atoms with Crippen LogP contribution in [0.25, 0.3) is 0 Å². The molecule has 0 radical (unpaired) electrons. The molecule has 0 unspecified atom stereocenters. The Morgan fingerprint density at radius 2 is 2.15 bits per heavy atom. The van der Waals surface area contributed by atoms with E-state index in [2.05, 4.69) is 15.3 Å². The van der Waals surface area contributed by atoms with Crippen LogP contribution >= 0.6 is 0 Å². The maximum atomic E-state index is 5.66. The van der Waals surface area contributed by atoms with Gasteiger partial charge in [0, 0.05) is 18.9 Å². The summed E-state index contributed by atoms with van der Waals surface area (Å²) in [7, 11) is 0. The van der Waals surface area contributed by atoms with E-state index in [1.54, 1.807) is 12.4 Å². The summed E-state index contributed by atoms with van der Waals surface area (Å²) in [6.45, 7) is 2.62. The predicted octanol–water partition coefficient (Wildman–Crippen LogP) is 0.688. The number of nitrogens with zero attached hydrogens (tertiary/aromatic N) is 2. The third kappa shape index (κ3) is 1.62. The van der Waals surface area contributed by atoms with Crippen LogP contribution in [0.5, 0.6) is 0 Å². The van der Waals surface area contributed by atoms with Gasteiger partial charge < -0.3 is 11.1 Å². The fourth-order valence-corrected chi connectivity index (χ4v) is 1.31. The van der Waals surface area contributed by atoms with Crippen molar-refractivity contribution in [1.29, 1.82) is 0 Å². The van der Waals surface area contributed by atoms with Crippen LogP contribution in [0.2, 0.25) is 0 Å². The van der Waals surface area contributed by atoms with Gasteiger partial charge >= 0.3 is 0 Å². The summed E-state index contributed by atoms with van der Waals surface area (Å²) in [4.78, 5) is 8.38. The van der Waals surface area contributed by atoms with Crippen LogP contribution in [0, 0.1) is 6.92 Å². The standard InChI is InChI=1S/C9H14N4/c1-7-8(12-5-4-11-7)13-9(6-10)2-3-9/h4-5H,2-3,6,10H2,1H3,(H,12,13). The van der Waals surface area contributed by atoms with Gasteiger partial charge in [-0.15, -0.1) is 0 Å². The molecule has 0 spiro atoms. The van der Waals surface area contributed by atoms with Crippen LogP contribution in [-0.2, 0) is 0 Å². The smallest absolute Gasteiger partial charge is 0.147 e. The van der Waals surface area contributed by atoms with Crippen LogP contribution in [0.15, 0.2) is 12.4 Å². The van der Waals surface area contributed by atoms with Crippen LogP contribution in [-0.4, -0.2) is 22.1 Å². The number of anilines is 1. The van der Waals surface area contributed by atoms with Crippen molar-refractivity contribution in [3.05, 3.63) is 18.1 Å². The predicted molar refractivity (Wildman–Crippen MR) is 51.4 cm³/mol. The molecule has 0 aliphatic heterocycles. The number of nitrogens with two attached hydrogens (primary N) is 1. The number of hydrogen-bond donors (Lipinski definition) is 2. The molecule has 1 aliphatic carbocycles. The summed E-state index contributed by atoms with van der Waals surface area (Å²) in [6.07, 6.45) is 5.67. The molecule has 4 nitrogen and oxygen atoms in total. The minimum Gasteiger partial charge on any atom is -0.362 e. The van der Waals surface area contributed by atoms with Crippen molar-refractivity contribution in [1.82, 2.24) is 9.97 Å². The minimum absolute atomic E-state index is 0.112. The van der Waals surface area contributed by atoms with Crippen molar-refractivity contribution < 1.29 is 0 Å². The molecule has 1 fully saturated rings. The van der Waals surface area contributed by atoms with Crippen molar-refractivity contribution in [3.63, 3.8) is 0 Å². The SMILES string of the molecule is Cc1nccnc1NC1(CN)CC1. The normalized spacial score (nSPS) is 18.3. The molecule has 13 heavy (non-hydrogen) atoms. The molecule has 1 aromatic rings. The van der Waals surface area contributed by atoms with E-state index in [0.717, 1.165) is 24.4 Å².